The van der Waals surface area contributed by atoms with E-state index in [0.29, 0.717) is 18.0 Å². The predicted octanol–water partition coefficient (Wildman–Crippen LogP) is 5.37. The van der Waals surface area contributed by atoms with Crippen molar-refractivity contribution in [3.63, 3.8) is 0 Å². The van der Waals surface area contributed by atoms with E-state index < -0.39 is 11.7 Å². The van der Waals surface area contributed by atoms with Crippen LogP contribution in [0, 0.1) is 0 Å². The Hall–Kier alpha value is -2.76. The molecular formula is C21H18F3NO2. The molecule has 6 heteroatoms. The van der Waals surface area contributed by atoms with Crippen molar-refractivity contribution in [2.75, 3.05) is 7.11 Å². The van der Waals surface area contributed by atoms with Crippen molar-refractivity contribution >= 4 is 16.9 Å². The summed E-state index contributed by atoms with van der Waals surface area (Å²) < 4.78 is 45.3. The molecule has 1 fully saturated rings. The lowest BCUT2D eigenvalue weighted by Gasteiger charge is -2.11. The monoisotopic (exact) mass is 373 g/mol. The van der Waals surface area contributed by atoms with Crippen LogP contribution in [0.25, 0.3) is 10.9 Å². The molecular weight excluding hydrogens is 355 g/mol. The van der Waals surface area contributed by atoms with Gasteiger partial charge in [-0.05, 0) is 54.8 Å². The van der Waals surface area contributed by atoms with Gasteiger partial charge in [0.25, 0.3) is 0 Å². The number of hydrogen-bond acceptors (Lipinski definition) is 2. The van der Waals surface area contributed by atoms with E-state index in [9.17, 15) is 18.0 Å². The third-order valence-corrected chi connectivity index (χ3v) is 4.92. The second kappa shape index (κ2) is 6.44. The molecule has 1 saturated carbocycles. The number of esters is 1. The number of alkyl halides is 3. The highest BCUT2D eigenvalue weighted by atomic mass is 19.4. The Morgan fingerprint density at radius 2 is 1.81 bits per heavy atom. The summed E-state index contributed by atoms with van der Waals surface area (Å²) in [6.07, 6.45) is -1.62. The number of carbonyl (C=O) groups is 1. The number of methoxy groups -OCH3 is 1. The molecule has 0 aliphatic heterocycles. The van der Waals surface area contributed by atoms with Gasteiger partial charge in [-0.15, -0.1) is 0 Å². The topological polar surface area (TPSA) is 31.2 Å². The molecule has 0 atom stereocenters. The number of aromatic nitrogens is 1. The average molecular weight is 373 g/mol. The molecule has 0 N–H and O–H groups in total. The zero-order valence-corrected chi connectivity index (χ0v) is 14.7. The van der Waals surface area contributed by atoms with Gasteiger partial charge in [0.2, 0.25) is 0 Å². The van der Waals surface area contributed by atoms with Crippen LogP contribution in [0.1, 0.15) is 46.1 Å². The molecule has 1 heterocycles. The van der Waals surface area contributed by atoms with Gasteiger partial charge in [-0.2, -0.15) is 13.2 Å². The highest BCUT2D eigenvalue weighted by molar-refractivity contribution is 5.95. The van der Waals surface area contributed by atoms with Crippen molar-refractivity contribution in [2.45, 2.75) is 31.5 Å². The van der Waals surface area contributed by atoms with Crippen molar-refractivity contribution in [1.82, 2.24) is 4.57 Å². The Kier molecular flexibility index (Phi) is 4.21. The molecule has 0 bridgehead atoms. The van der Waals surface area contributed by atoms with Gasteiger partial charge in [0, 0.05) is 29.1 Å². The maximum absolute atomic E-state index is 12.8. The molecule has 27 heavy (non-hydrogen) atoms. The van der Waals surface area contributed by atoms with E-state index in [1.165, 1.54) is 19.2 Å². The molecule has 0 spiro atoms. The van der Waals surface area contributed by atoms with Crippen LogP contribution in [0.5, 0.6) is 0 Å². The fourth-order valence-corrected chi connectivity index (χ4v) is 3.46. The first kappa shape index (κ1) is 17.6. The Morgan fingerprint density at radius 1 is 1.11 bits per heavy atom. The van der Waals surface area contributed by atoms with Crippen LogP contribution in [-0.4, -0.2) is 17.6 Å². The Bertz CT molecular complexity index is 999. The number of hydrogen-bond donors (Lipinski definition) is 0. The van der Waals surface area contributed by atoms with E-state index in [0.717, 1.165) is 47.1 Å². The maximum atomic E-state index is 12.8. The number of halogens is 3. The number of rotatable bonds is 4. The third kappa shape index (κ3) is 3.44. The van der Waals surface area contributed by atoms with Crippen molar-refractivity contribution in [3.8, 4) is 0 Å². The van der Waals surface area contributed by atoms with Gasteiger partial charge < -0.3 is 9.30 Å². The second-order valence-corrected chi connectivity index (χ2v) is 6.87. The molecule has 2 aromatic carbocycles. The quantitative estimate of drug-likeness (QED) is 0.576. The smallest absolute Gasteiger partial charge is 0.416 e. The summed E-state index contributed by atoms with van der Waals surface area (Å²) in [6, 6.07) is 13.2. The van der Waals surface area contributed by atoms with E-state index in [-0.39, 0.29) is 5.97 Å². The fourth-order valence-electron chi connectivity index (χ4n) is 3.46. The van der Waals surface area contributed by atoms with E-state index in [1.54, 1.807) is 12.1 Å². The van der Waals surface area contributed by atoms with Gasteiger partial charge in [0.1, 0.15) is 0 Å². The summed E-state index contributed by atoms with van der Waals surface area (Å²) in [5, 5.41) is 0.937. The lowest BCUT2D eigenvalue weighted by molar-refractivity contribution is -0.137. The third-order valence-electron chi connectivity index (χ3n) is 4.92. The summed E-state index contributed by atoms with van der Waals surface area (Å²) >= 11 is 0. The molecule has 1 aromatic heterocycles. The standard InChI is InChI=1S/C21H18F3NO2/c1-27-20(26)14-4-9-19-15(11-14)12-18(25(19)17-7-8-17)10-13-2-5-16(6-3-13)21(22,23)24/h2-6,9,11-12,17H,7-8,10H2,1H3. The summed E-state index contributed by atoms with van der Waals surface area (Å²) in [7, 11) is 1.35. The van der Waals surface area contributed by atoms with E-state index >= 15 is 0 Å². The minimum absolute atomic E-state index is 0.389. The Morgan fingerprint density at radius 3 is 2.41 bits per heavy atom. The molecule has 1 aliphatic carbocycles. The summed E-state index contributed by atoms with van der Waals surface area (Å²) in [4.78, 5) is 11.8. The lowest BCUT2D eigenvalue weighted by atomic mass is 10.1. The molecule has 3 nitrogen and oxygen atoms in total. The normalized spacial score (nSPS) is 14.5. The highest BCUT2D eigenvalue weighted by Gasteiger charge is 2.30. The SMILES string of the molecule is COC(=O)c1ccc2c(c1)cc(Cc1ccc(C(F)(F)F)cc1)n2C1CC1. The van der Waals surface area contributed by atoms with Crippen LogP contribution in [0.2, 0.25) is 0 Å². The fraction of sp³-hybridized carbons (Fsp3) is 0.286. The van der Waals surface area contributed by atoms with Crippen LogP contribution >= 0.6 is 0 Å². The van der Waals surface area contributed by atoms with E-state index in [1.807, 2.05) is 12.1 Å². The van der Waals surface area contributed by atoms with Gasteiger partial charge in [0.15, 0.2) is 0 Å². The Labute approximate surface area is 154 Å². The van der Waals surface area contributed by atoms with Crippen molar-refractivity contribution in [2.24, 2.45) is 0 Å². The first-order chi connectivity index (χ1) is 12.9. The van der Waals surface area contributed by atoms with Gasteiger partial charge >= 0.3 is 12.1 Å². The Balaban J connectivity index is 1.70. The molecule has 3 aromatic rings. The van der Waals surface area contributed by atoms with Crippen LogP contribution in [0.15, 0.2) is 48.5 Å². The molecule has 140 valence electrons. The zero-order chi connectivity index (χ0) is 19.2. The van der Waals surface area contributed by atoms with Crippen molar-refractivity contribution in [1.29, 1.82) is 0 Å². The molecule has 0 unspecified atom stereocenters. The van der Waals surface area contributed by atoms with Crippen molar-refractivity contribution < 1.29 is 22.7 Å². The molecule has 0 radical (unpaired) electrons. The highest BCUT2D eigenvalue weighted by Crippen LogP contribution is 2.40. The molecule has 0 saturated heterocycles. The minimum atomic E-state index is -4.33. The molecule has 4 rings (SSSR count). The van der Waals surface area contributed by atoms with Gasteiger partial charge in [-0.3, -0.25) is 0 Å². The summed E-state index contributed by atoms with van der Waals surface area (Å²) in [6.45, 7) is 0. The first-order valence-corrected chi connectivity index (χ1v) is 8.75. The zero-order valence-electron chi connectivity index (χ0n) is 14.7. The first-order valence-electron chi connectivity index (χ1n) is 8.75. The van der Waals surface area contributed by atoms with Crippen LogP contribution in [0.4, 0.5) is 13.2 Å². The number of benzene rings is 2. The van der Waals surface area contributed by atoms with E-state index in [2.05, 4.69) is 4.57 Å². The summed E-state index contributed by atoms with van der Waals surface area (Å²) in [5.41, 5.74) is 2.73. The van der Waals surface area contributed by atoms with Crippen LogP contribution in [0.3, 0.4) is 0 Å². The summed E-state index contributed by atoms with van der Waals surface area (Å²) in [5.74, 6) is -0.389. The minimum Gasteiger partial charge on any atom is -0.465 e. The number of nitrogens with zero attached hydrogens (tertiary/aromatic N) is 1. The van der Waals surface area contributed by atoms with Crippen molar-refractivity contribution in [3.05, 3.63) is 70.9 Å². The number of carbonyl (C=O) groups excluding carboxylic acids is 1. The molecule has 1 aliphatic rings. The van der Waals surface area contributed by atoms with E-state index in [4.69, 9.17) is 4.74 Å². The average Bonchev–Trinajstić information content (AvgIpc) is 3.41. The number of fused-ring (bicyclic) bond motifs is 1. The maximum Gasteiger partial charge on any atom is 0.416 e. The van der Waals surface area contributed by atoms with Gasteiger partial charge in [-0.1, -0.05) is 12.1 Å². The predicted molar refractivity (Wildman–Crippen MR) is 95.8 cm³/mol. The van der Waals surface area contributed by atoms with Crippen LogP contribution in [-0.2, 0) is 17.3 Å². The molecule has 0 amide bonds. The number of ether oxygens (including phenoxy) is 1. The van der Waals surface area contributed by atoms with Crippen LogP contribution < -0.4 is 0 Å². The van der Waals surface area contributed by atoms with Gasteiger partial charge in [-0.25, -0.2) is 4.79 Å². The second-order valence-electron chi connectivity index (χ2n) is 6.87. The lowest BCUT2D eigenvalue weighted by Crippen LogP contribution is -2.05. The van der Waals surface area contributed by atoms with Gasteiger partial charge in [0.05, 0.1) is 18.2 Å². The largest absolute Gasteiger partial charge is 0.465 e.